The first kappa shape index (κ1) is 24.4. The van der Waals surface area contributed by atoms with Crippen molar-refractivity contribution >= 4 is 17.6 Å². The molecule has 1 heterocycles. The number of aromatic nitrogens is 1. The van der Waals surface area contributed by atoms with E-state index < -0.39 is 5.41 Å². The number of hydrogen-bond acceptors (Lipinski definition) is 6. The van der Waals surface area contributed by atoms with Crippen molar-refractivity contribution in [1.82, 2.24) is 4.98 Å². The third kappa shape index (κ3) is 5.98. The van der Waals surface area contributed by atoms with Crippen molar-refractivity contribution in [3.63, 3.8) is 0 Å². The number of nitrogens with one attached hydrogen (secondary N) is 1. The zero-order valence-corrected chi connectivity index (χ0v) is 19.7. The van der Waals surface area contributed by atoms with E-state index in [4.69, 9.17) is 25.4 Å². The Kier molecular flexibility index (Phi) is 7.63. The zero-order chi connectivity index (χ0) is 24.7. The minimum Gasteiger partial charge on any atom is -0.497 e. The van der Waals surface area contributed by atoms with Gasteiger partial charge < -0.3 is 19.9 Å². The molecule has 8 heteroatoms. The molecule has 0 spiro atoms. The minimum absolute atomic E-state index is 0.0689. The molecule has 0 saturated carbocycles. The second-order valence-electron chi connectivity index (χ2n) is 8.20. The Hall–Kier alpha value is -4.20. The Labute approximate surface area is 198 Å². The normalized spacial score (nSPS) is 11.6. The Morgan fingerprint density at radius 1 is 0.971 bits per heavy atom. The van der Waals surface area contributed by atoms with Gasteiger partial charge in [-0.15, -0.1) is 0 Å². The van der Waals surface area contributed by atoms with Crippen molar-refractivity contribution < 1.29 is 19.0 Å². The molecule has 0 aliphatic rings. The number of esters is 1. The van der Waals surface area contributed by atoms with Gasteiger partial charge in [0.2, 0.25) is 5.88 Å². The summed E-state index contributed by atoms with van der Waals surface area (Å²) in [6.07, 6.45) is 1.70. The number of hydrogen-bond donors (Lipinski definition) is 2. The van der Waals surface area contributed by atoms with Gasteiger partial charge in [0.15, 0.2) is 5.84 Å². The predicted molar refractivity (Wildman–Crippen MR) is 132 cm³/mol. The lowest BCUT2D eigenvalue weighted by molar-refractivity contribution is -0.152. The van der Waals surface area contributed by atoms with E-state index in [1.807, 2.05) is 30.3 Å². The van der Waals surface area contributed by atoms with E-state index in [1.54, 1.807) is 57.5 Å². The molecule has 0 saturated heterocycles. The summed E-state index contributed by atoms with van der Waals surface area (Å²) in [4.78, 5) is 20.3. The van der Waals surface area contributed by atoms with Crippen LogP contribution in [0.15, 0.2) is 71.9 Å². The van der Waals surface area contributed by atoms with Crippen molar-refractivity contribution in [3.05, 3.63) is 78.0 Å². The number of aliphatic imine (C=N–C) groups is 1. The van der Waals surface area contributed by atoms with Crippen LogP contribution >= 0.6 is 0 Å². The average molecular weight is 461 g/mol. The van der Waals surface area contributed by atoms with Crippen molar-refractivity contribution in [2.24, 2.45) is 16.1 Å². The first-order valence-corrected chi connectivity index (χ1v) is 10.6. The molecule has 3 N–H and O–H groups in total. The third-order valence-corrected chi connectivity index (χ3v) is 5.16. The van der Waals surface area contributed by atoms with Gasteiger partial charge in [0, 0.05) is 29.0 Å². The lowest BCUT2D eigenvalue weighted by Gasteiger charge is -2.21. The highest BCUT2D eigenvalue weighted by atomic mass is 16.5. The number of methoxy groups -OCH3 is 2. The highest BCUT2D eigenvalue weighted by Gasteiger charge is 2.29. The van der Waals surface area contributed by atoms with E-state index >= 15 is 0 Å². The van der Waals surface area contributed by atoms with Gasteiger partial charge in [0.25, 0.3) is 0 Å². The van der Waals surface area contributed by atoms with Crippen molar-refractivity contribution in [3.8, 4) is 22.8 Å². The number of pyridine rings is 1. The van der Waals surface area contributed by atoms with Gasteiger partial charge in [-0.2, -0.15) is 0 Å². The molecule has 0 amide bonds. The number of benzene rings is 2. The fourth-order valence-corrected chi connectivity index (χ4v) is 3.06. The van der Waals surface area contributed by atoms with Gasteiger partial charge in [-0.1, -0.05) is 24.3 Å². The molecular formula is C26H28N4O4. The van der Waals surface area contributed by atoms with Crippen LogP contribution in [-0.4, -0.2) is 43.5 Å². The van der Waals surface area contributed by atoms with Gasteiger partial charge in [-0.05, 0) is 49.7 Å². The Morgan fingerprint density at radius 3 is 2.15 bits per heavy atom. The standard InChI is InChI=1S/C26H28N4O4/c1-26(2,25(31)33-4)16-34-22-14-11-20(15-29-22)17-5-7-18(8-6-17)23(27)30-24(28)19-9-12-21(32-3)13-10-19/h5-15H,16H2,1-4H3,(H3,27,28,30). The molecule has 34 heavy (non-hydrogen) atoms. The molecule has 176 valence electrons. The van der Waals surface area contributed by atoms with E-state index in [-0.39, 0.29) is 24.2 Å². The van der Waals surface area contributed by atoms with Crippen molar-refractivity contribution in [2.45, 2.75) is 13.8 Å². The Balaban J connectivity index is 1.66. The summed E-state index contributed by atoms with van der Waals surface area (Å²) in [6.45, 7) is 3.66. The molecule has 0 fully saturated rings. The molecular weight excluding hydrogens is 432 g/mol. The van der Waals surface area contributed by atoms with Crippen LogP contribution in [0, 0.1) is 10.8 Å². The molecule has 0 atom stereocenters. The topological polar surface area (TPSA) is 120 Å². The molecule has 0 radical (unpaired) electrons. The molecule has 2 aromatic carbocycles. The quantitative estimate of drug-likeness (QED) is 0.297. The summed E-state index contributed by atoms with van der Waals surface area (Å²) in [5.74, 6) is 1.11. The number of nitrogens with two attached hydrogens (primary N) is 1. The van der Waals surface area contributed by atoms with E-state index in [9.17, 15) is 4.79 Å². The van der Waals surface area contributed by atoms with E-state index in [2.05, 4.69) is 9.98 Å². The van der Waals surface area contributed by atoms with Crippen molar-refractivity contribution in [2.75, 3.05) is 20.8 Å². The summed E-state index contributed by atoms with van der Waals surface area (Å²) >= 11 is 0. The maximum absolute atomic E-state index is 11.8. The number of nitrogens with zero attached hydrogens (tertiary/aromatic N) is 2. The van der Waals surface area contributed by atoms with Crippen LogP contribution in [0.1, 0.15) is 25.0 Å². The molecule has 1 aromatic heterocycles. The summed E-state index contributed by atoms with van der Waals surface area (Å²) < 4.78 is 15.6. The maximum Gasteiger partial charge on any atom is 0.314 e. The van der Waals surface area contributed by atoms with Crippen LogP contribution in [-0.2, 0) is 9.53 Å². The van der Waals surface area contributed by atoms with Crippen molar-refractivity contribution in [1.29, 1.82) is 5.41 Å². The zero-order valence-electron chi connectivity index (χ0n) is 19.7. The molecule has 3 aromatic rings. The molecule has 0 aliphatic carbocycles. The van der Waals surface area contributed by atoms with E-state index in [0.29, 0.717) is 22.8 Å². The van der Waals surface area contributed by atoms with Crippen LogP contribution < -0.4 is 15.2 Å². The van der Waals surface area contributed by atoms with Crippen LogP contribution in [0.25, 0.3) is 11.1 Å². The maximum atomic E-state index is 11.8. The fourth-order valence-electron chi connectivity index (χ4n) is 3.06. The summed E-state index contributed by atoms with van der Waals surface area (Å²) in [6, 6.07) is 18.2. The summed E-state index contributed by atoms with van der Waals surface area (Å²) in [5, 5.41) is 8.19. The second-order valence-corrected chi connectivity index (χ2v) is 8.20. The third-order valence-electron chi connectivity index (χ3n) is 5.16. The second kappa shape index (κ2) is 10.6. The summed E-state index contributed by atoms with van der Waals surface area (Å²) in [5.41, 5.74) is 8.54. The lowest BCUT2D eigenvalue weighted by Crippen LogP contribution is -2.32. The number of carbonyl (C=O) groups excluding carboxylic acids is 1. The molecule has 0 aliphatic heterocycles. The van der Waals surface area contributed by atoms with E-state index in [1.165, 1.54) is 7.11 Å². The first-order chi connectivity index (χ1) is 16.2. The predicted octanol–water partition coefficient (Wildman–Crippen LogP) is 4.07. The Bertz CT molecular complexity index is 1170. The minimum atomic E-state index is -0.768. The highest BCUT2D eigenvalue weighted by molar-refractivity contribution is 6.09. The van der Waals surface area contributed by atoms with Gasteiger partial charge in [-0.25, -0.2) is 9.98 Å². The smallest absolute Gasteiger partial charge is 0.314 e. The van der Waals surface area contributed by atoms with Crippen LogP contribution in [0.5, 0.6) is 11.6 Å². The SMILES string of the molecule is COC(=O)C(C)(C)COc1ccc(-c2ccc(C(N)=NC(=N)c3ccc(OC)cc3)cc2)cn1. The molecule has 0 bridgehead atoms. The van der Waals surface area contributed by atoms with Gasteiger partial charge >= 0.3 is 5.97 Å². The molecule has 8 nitrogen and oxygen atoms in total. The fraction of sp³-hybridized carbons (Fsp3) is 0.231. The highest BCUT2D eigenvalue weighted by Crippen LogP contribution is 2.23. The Morgan fingerprint density at radius 2 is 1.59 bits per heavy atom. The van der Waals surface area contributed by atoms with Crippen LogP contribution in [0.3, 0.4) is 0 Å². The monoisotopic (exact) mass is 460 g/mol. The van der Waals surface area contributed by atoms with Gasteiger partial charge in [0.1, 0.15) is 18.2 Å². The number of carbonyl (C=O) groups is 1. The van der Waals surface area contributed by atoms with E-state index in [0.717, 1.165) is 11.1 Å². The van der Waals surface area contributed by atoms with Gasteiger partial charge in [0.05, 0.1) is 19.6 Å². The largest absolute Gasteiger partial charge is 0.497 e. The number of amidine groups is 2. The molecule has 3 rings (SSSR count). The van der Waals surface area contributed by atoms with Gasteiger partial charge in [-0.3, -0.25) is 10.2 Å². The number of rotatable bonds is 8. The molecule has 0 unspecified atom stereocenters. The average Bonchev–Trinajstić information content (AvgIpc) is 2.87. The first-order valence-electron chi connectivity index (χ1n) is 10.6. The lowest BCUT2D eigenvalue weighted by atomic mass is 9.95. The summed E-state index contributed by atoms with van der Waals surface area (Å²) in [7, 11) is 2.94. The van der Waals surface area contributed by atoms with Crippen LogP contribution in [0.2, 0.25) is 0 Å². The number of ether oxygens (including phenoxy) is 3. The van der Waals surface area contributed by atoms with Crippen LogP contribution in [0.4, 0.5) is 0 Å².